The summed E-state index contributed by atoms with van der Waals surface area (Å²) in [6, 6.07) is 6.68. The van der Waals surface area contributed by atoms with E-state index in [0.29, 0.717) is 12.1 Å². The van der Waals surface area contributed by atoms with Gasteiger partial charge in [-0.25, -0.2) is 4.79 Å². The fraction of sp³-hybridized carbons (Fsp3) is 0.333. The minimum atomic E-state index is -0.978. The SMILES string of the molecule is O=C1CCCCC/C1=C\Nc1ccccc1C(=O)O. The highest BCUT2D eigenvalue weighted by atomic mass is 16.4. The molecule has 0 aromatic heterocycles. The molecule has 100 valence electrons. The number of carboxylic acids is 1. The Morgan fingerprint density at radius 2 is 1.89 bits per heavy atom. The first-order valence-corrected chi connectivity index (χ1v) is 6.49. The standard InChI is InChI=1S/C15H17NO3/c17-14-9-3-1-2-6-11(14)10-16-13-8-5-4-7-12(13)15(18)19/h4-5,7-8,10,16H,1-3,6,9H2,(H,18,19)/b11-10+. The smallest absolute Gasteiger partial charge is 0.337 e. The number of para-hydroxylation sites is 1. The van der Waals surface area contributed by atoms with Crippen molar-refractivity contribution in [2.45, 2.75) is 32.1 Å². The Labute approximate surface area is 112 Å². The first-order valence-electron chi connectivity index (χ1n) is 6.49. The average Bonchev–Trinajstić information content (AvgIpc) is 2.61. The molecule has 1 fully saturated rings. The second-order valence-electron chi connectivity index (χ2n) is 4.65. The van der Waals surface area contributed by atoms with Crippen LogP contribution in [-0.2, 0) is 4.79 Å². The van der Waals surface area contributed by atoms with Crippen LogP contribution in [0.25, 0.3) is 0 Å². The second kappa shape index (κ2) is 6.18. The number of hydrogen-bond acceptors (Lipinski definition) is 3. The van der Waals surface area contributed by atoms with Gasteiger partial charge in [-0.2, -0.15) is 0 Å². The number of carboxylic acid groups (broad SMARTS) is 1. The van der Waals surface area contributed by atoms with Gasteiger partial charge in [0.05, 0.1) is 11.3 Å². The van der Waals surface area contributed by atoms with Gasteiger partial charge in [-0.15, -0.1) is 0 Å². The molecule has 0 atom stereocenters. The van der Waals surface area contributed by atoms with Crippen LogP contribution >= 0.6 is 0 Å². The van der Waals surface area contributed by atoms with Gasteiger partial charge in [0.15, 0.2) is 5.78 Å². The van der Waals surface area contributed by atoms with Gasteiger partial charge in [-0.05, 0) is 31.4 Å². The van der Waals surface area contributed by atoms with E-state index < -0.39 is 5.97 Å². The lowest BCUT2D eigenvalue weighted by molar-refractivity contribution is -0.115. The van der Waals surface area contributed by atoms with Gasteiger partial charge in [0.1, 0.15) is 0 Å². The number of benzene rings is 1. The summed E-state index contributed by atoms with van der Waals surface area (Å²) in [5, 5.41) is 12.0. The number of carbonyl (C=O) groups excluding carboxylic acids is 1. The first-order chi connectivity index (χ1) is 9.18. The largest absolute Gasteiger partial charge is 0.478 e. The zero-order valence-electron chi connectivity index (χ0n) is 10.7. The van der Waals surface area contributed by atoms with Crippen molar-refractivity contribution in [3.63, 3.8) is 0 Å². The maximum atomic E-state index is 11.8. The monoisotopic (exact) mass is 259 g/mol. The van der Waals surface area contributed by atoms with E-state index in [4.69, 9.17) is 5.11 Å². The summed E-state index contributed by atoms with van der Waals surface area (Å²) in [5.74, 6) is -0.813. The number of nitrogens with one attached hydrogen (secondary N) is 1. The maximum Gasteiger partial charge on any atom is 0.337 e. The predicted molar refractivity (Wildman–Crippen MR) is 73.2 cm³/mol. The number of carbonyl (C=O) groups is 2. The van der Waals surface area contributed by atoms with Crippen molar-refractivity contribution in [2.24, 2.45) is 0 Å². The van der Waals surface area contributed by atoms with E-state index >= 15 is 0 Å². The van der Waals surface area contributed by atoms with Crippen molar-refractivity contribution in [3.05, 3.63) is 41.6 Å². The molecule has 1 aliphatic carbocycles. The number of rotatable bonds is 3. The molecule has 0 saturated heterocycles. The molecule has 4 nitrogen and oxygen atoms in total. The van der Waals surface area contributed by atoms with Crippen LogP contribution in [0.3, 0.4) is 0 Å². The number of ketones is 1. The molecule has 0 unspecified atom stereocenters. The normalized spacial score (nSPS) is 18.1. The van der Waals surface area contributed by atoms with Crippen molar-refractivity contribution < 1.29 is 14.7 Å². The number of allylic oxidation sites excluding steroid dienone is 1. The summed E-state index contributed by atoms with van der Waals surface area (Å²) in [6.07, 6.45) is 6.06. The summed E-state index contributed by atoms with van der Waals surface area (Å²) < 4.78 is 0. The van der Waals surface area contributed by atoms with Crippen LogP contribution in [0.1, 0.15) is 42.5 Å². The molecule has 0 radical (unpaired) electrons. The third-order valence-corrected chi connectivity index (χ3v) is 3.27. The Bertz CT molecular complexity index is 520. The van der Waals surface area contributed by atoms with Gasteiger partial charge in [-0.3, -0.25) is 4.79 Å². The van der Waals surface area contributed by atoms with Gasteiger partial charge < -0.3 is 10.4 Å². The van der Waals surface area contributed by atoms with Crippen LogP contribution in [0.5, 0.6) is 0 Å². The summed E-state index contributed by atoms with van der Waals surface area (Å²) in [7, 11) is 0. The van der Waals surface area contributed by atoms with Crippen LogP contribution in [0.2, 0.25) is 0 Å². The van der Waals surface area contributed by atoms with E-state index in [1.54, 1.807) is 24.4 Å². The van der Waals surface area contributed by atoms with Gasteiger partial charge in [0.25, 0.3) is 0 Å². The van der Waals surface area contributed by atoms with Crippen molar-refractivity contribution in [3.8, 4) is 0 Å². The minimum Gasteiger partial charge on any atom is -0.478 e. The van der Waals surface area contributed by atoms with E-state index in [9.17, 15) is 9.59 Å². The molecule has 0 amide bonds. The summed E-state index contributed by atoms with van der Waals surface area (Å²) >= 11 is 0. The van der Waals surface area contributed by atoms with E-state index in [1.165, 1.54) is 6.07 Å². The molecule has 1 aromatic rings. The zero-order valence-corrected chi connectivity index (χ0v) is 10.7. The van der Waals surface area contributed by atoms with E-state index in [1.807, 2.05) is 0 Å². The van der Waals surface area contributed by atoms with Crippen LogP contribution < -0.4 is 5.32 Å². The number of anilines is 1. The Morgan fingerprint density at radius 3 is 2.68 bits per heavy atom. The topological polar surface area (TPSA) is 66.4 Å². The maximum absolute atomic E-state index is 11.8. The molecule has 0 heterocycles. The highest BCUT2D eigenvalue weighted by Gasteiger charge is 2.14. The summed E-state index contributed by atoms with van der Waals surface area (Å²) in [6.45, 7) is 0. The summed E-state index contributed by atoms with van der Waals surface area (Å²) in [5.41, 5.74) is 1.48. The molecule has 2 rings (SSSR count). The molecular weight excluding hydrogens is 242 g/mol. The first kappa shape index (κ1) is 13.3. The zero-order chi connectivity index (χ0) is 13.7. The fourth-order valence-electron chi connectivity index (χ4n) is 2.19. The Balaban J connectivity index is 2.17. The number of hydrogen-bond donors (Lipinski definition) is 2. The summed E-state index contributed by atoms with van der Waals surface area (Å²) in [4.78, 5) is 22.9. The van der Waals surface area contributed by atoms with Crippen LogP contribution in [-0.4, -0.2) is 16.9 Å². The molecule has 0 spiro atoms. The highest BCUT2D eigenvalue weighted by molar-refractivity contribution is 5.97. The van der Waals surface area contributed by atoms with Crippen LogP contribution in [0.4, 0.5) is 5.69 Å². The van der Waals surface area contributed by atoms with Gasteiger partial charge in [-0.1, -0.05) is 18.6 Å². The third-order valence-electron chi connectivity index (χ3n) is 3.27. The van der Waals surface area contributed by atoms with Gasteiger partial charge >= 0.3 is 5.97 Å². The van der Waals surface area contributed by atoms with Crippen molar-refractivity contribution in [1.82, 2.24) is 0 Å². The van der Waals surface area contributed by atoms with Crippen molar-refractivity contribution in [2.75, 3.05) is 5.32 Å². The molecule has 1 saturated carbocycles. The number of Topliss-reactive ketones (excluding diaryl/α,β-unsaturated/α-hetero) is 1. The minimum absolute atomic E-state index is 0.165. The average molecular weight is 259 g/mol. The van der Waals surface area contributed by atoms with Gasteiger partial charge in [0, 0.05) is 18.2 Å². The quantitative estimate of drug-likeness (QED) is 0.646. The Kier molecular flexibility index (Phi) is 4.34. The fourth-order valence-corrected chi connectivity index (χ4v) is 2.19. The molecule has 1 aliphatic rings. The molecule has 0 aliphatic heterocycles. The van der Waals surface area contributed by atoms with E-state index in [0.717, 1.165) is 31.3 Å². The number of aromatic carboxylic acids is 1. The second-order valence-corrected chi connectivity index (χ2v) is 4.65. The van der Waals surface area contributed by atoms with Crippen LogP contribution in [0, 0.1) is 0 Å². The van der Waals surface area contributed by atoms with E-state index in [-0.39, 0.29) is 11.3 Å². The highest BCUT2D eigenvalue weighted by Crippen LogP contribution is 2.21. The lowest BCUT2D eigenvalue weighted by Gasteiger charge is -2.07. The van der Waals surface area contributed by atoms with Gasteiger partial charge in [0.2, 0.25) is 0 Å². The molecule has 0 bridgehead atoms. The molecule has 19 heavy (non-hydrogen) atoms. The Morgan fingerprint density at radius 1 is 1.16 bits per heavy atom. The van der Waals surface area contributed by atoms with Crippen LogP contribution in [0.15, 0.2) is 36.0 Å². The lowest BCUT2D eigenvalue weighted by Crippen LogP contribution is -2.05. The third kappa shape index (κ3) is 3.44. The molecular formula is C15H17NO3. The molecule has 2 N–H and O–H groups in total. The molecule has 1 aromatic carbocycles. The van der Waals surface area contributed by atoms with E-state index in [2.05, 4.69) is 5.32 Å². The molecule has 4 heteroatoms. The van der Waals surface area contributed by atoms with Crippen molar-refractivity contribution >= 4 is 17.4 Å². The van der Waals surface area contributed by atoms with Crippen molar-refractivity contribution in [1.29, 1.82) is 0 Å². The lowest BCUT2D eigenvalue weighted by atomic mass is 10.1. The predicted octanol–water partition coefficient (Wildman–Crippen LogP) is 3.21. The Hall–Kier alpha value is -2.10.